The average Bonchev–Trinajstić information content (AvgIpc) is 2.61. The molecule has 3 aromatic rings. The average molecular weight is 309 g/mol. The summed E-state index contributed by atoms with van der Waals surface area (Å²) >= 11 is 0. The Morgan fingerprint density at radius 2 is 1.88 bits per heavy atom. The van der Waals surface area contributed by atoms with Gasteiger partial charge in [-0.15, -0.1) is 0 Å². The van der Waals surface area contributed by atoms with Crippen molar-refractivity contribution in [2.45, 2.75) is 13.3 Å². The molecule has 0 amide bonds. The minimum atomic E-state index is 0.905. The molecule has 0 spiro atoms. The van der Waals surface area contributed by atoms with Crippen molar-refractivity contribution in [2.24, 2.45) is 0 Å². The smallest absolute Gasteiger partial charge is 0.0702 e. The van der Waals surface area contributed by atoms with Crippen LogP contribution in [0.15, 0.2) is 85.1 Å². The summed E-state index contributed by atoms with van der Waals surface area (Å²) in [6, 6.07) is 19.2. The molecule has 0 N–H and O–H groups in total. The summed E-state index contributed by atoms with van der Waals surface area (Å²) in [4.78, 5) is 4.42. The molecule has 0 saturated heterocycles. The zero-order valence-corrected chi connectivity index (χ0v) is 13.8. The number of hydrogen-bond acceptors (Lipinski definition) is 1. The van der Waals surface area contributed by atoms with E-state index < -0.39 is 0 Å². The van der Waals surface area contributed by atoms with Gasteiger partial charge in [-0.25, -0.2) is 0 Å². The summed E-state index contributed by atoms with van der Waals surface area (Å²) in [7, 11) is 0. The second kappa shape index (κ2) is 5.93. The number of benzene rings is 2. The molecule has 0 bridgehead atoms. The van der Waals surface area contributed by atoms with Crippen molar-refractivity contribution in [3.8, 4) is 0 Å². The second-order valence-corrected chi connectivity index (χ2v) is 6.28. The van der Waals surface area contributed by atoms with Crippen molar-refractivity contribution < 1.29 is 0 Å². The highest BCUT2D eigenvalue weighted by molar-refractivity contribution is 6.04. The molecule has 1 heterocycles. The van der Waals surface area contributed by atoms with Crippen LogP contribution in [0.5, 0.6) is 0 Å². The summed E-state index contributed by atoms with van der Waals surface area (Å²) in [5.41, 5.74) is 8.41. The molecule has 1 heteroatoms. The molecular formula is C23H19N. The van der Waals surface area contributed by atoms with Crippen LogP contribution >= 0.6 is 0 Å². The number of aromatic nitrogens is 1. The molecule has 0 saturated carbocycles. The fourth-order valence-corrected chi connectivity index (χ4v) is 3.34. The summed E-state index contributed by atoms with van der Waals surface area (Å²) in [5.74, 6) is 0. The Labute approximate surface area is 142 Å². The predicted molar refractivity (Wildman–Crippen MR) is 103 cm³/mol. The highest BCUT2D eigenvalue weighted by atomic mass is 14.6. The van der Waals surface area contributed by atoms with Crippen molar-refractivity contribution in [1.29, 1.82) is 0 Å². The van der Waals surface area contributed by atoms with Crippen LogP contribution < -0.4 is 0 Å². The third kappa shape index (κ3) is 2.59. The summed E-state index contributed by atoms with van der Waals surface area (Å²) in [6.07, 6.45) is 7.16. The SMILES string of the molecule is C=C1CC=CC(c2ccc3ncccc3c2)=C1c1cccc(C)c1. The van der Waals surface area contributed by atoms with Gasteiger partial charge in [0.2, 0.25) is 0 Å². The van der Waals surface area contributed by atoms with E-state index in [1.807, 2.05) is 12.3 Å². The van der Waals surface area contributed by atoms with Gasteiger partial charge in [0.25, 0.3) is 0 Å². The van der Waals surface area contributed by atoms with E-state index in [4.69, 9.17) is 0 Å². The van der Waals surface area contributed by atoms with Gasteiger partial charge in [0, 0.05) is 11.6 Å². The van der Waals surface area contributed by atoms with Crippen molar-refractivity contribution in [3.63, 3.8) is 0 Å². The zero-order valence-electron chi connectivity index (χ0n) is 13.8. The molecule has 0 aliphatic heterocycles. The Hall–Kier alpha value is -2.93. The van der Waals surface area contributed by atoms with E-state index in [1.165, 1.54) is 33.4 Å². The number of aryl methyl sites for hydroxylation is 1. The maximum atomic E-state index is 4.42. The molecule has 0 unspecified atom stereocenters. The molecule has 1 aromatic heterocycles. The Morgan fingerprint density at radius 3 is 2.75 bits per heavy atom. The van der Waals surface area contributed by atoms with E-state index in [9.17, 15) is 0 Å². The molecule has 1 aliphatic carbocycles. The monoisotopic (exact) mass is 309 g/mol. The fraction of sp³-hybridized carbons (Fsp3) is 0.0870. The van der Waals surface area contributed by atoms with Gasteiger partial charge in [0.1, 0.15) is 0 Å². The Morgan fingerprint density at radius 1 is 0.958 bits per heavy atom. The van der Waals surface area contributed by atoms with Crippen molar-refractivity contribution in [1.82, 2.24) is 4.98 Å². The second-order valence-electron chi connectivity index (χ2n) is 6.28. The first-order chi connectivity index (χ1) is 11.7. The third-order valence-corrected chi connectivity index (χ3v) is 4.49. The third-order valence-electron chi connectivity index (χ3n) is 4.49. The van der Waals surface area contributed by atoms with Crippen LogP contribution in [0.25, 0.3) is 22.0 Å². The van der Waals surface area contributed by atoms with Gasteiger partial charge in [-0.1, -0.05) is 60.7 Å². The molecule has 2 aromatic carbocycles. The van der Waals surface area contributed by atoms with Crippen LogP contribution in [0.2, 0.25) is 0 Å². The highest BCUT2D eigenvalue weighted by Crippen LogP contribution is 2.38. The highest BCUT2D eigenvalue weighted by Gasteiger charge is 2.16. The van der Waals surface area contributed by atoms with Crippen molar-refractivity contribution in [3.05, 3.63) is 102 Å². The number of rotatable bonds is 2. The molecular weight excluding hydrogens is 290 g/mol. The van der Waals surface area contributed by atoms with Gasteiger partial charge in [-0.05, 0) is 59.4 Å². The van der Waals surface area contributed by atoms with Crippen LogP contribution in [-0.2, 0) is 0 Å². The largest absolute Gasteiger partial charge is 0.256 e. The number of hydrogen-bond donors (Lipinski definition) is 0. The van der Waals surface area contributed by atoms with Crippen LogP contribution in [0, 0.1) is 6.92 Å². The van der Waals surface area contributed by atoms with Gasteiger partial charge in [-0.2, -0.15) is 0 Å². The molecule has 0 radical (unpaired) electrons. The predicted octanol–water partition coefficient (Wildman–Crippen LogP) is 5.97. The van der Waals surface area contributed by atoms with E-state index in [2.05, 4.69) is 79.2 Å². The summed E-state index contributed by atoms with van der Waals surface area (Å²) in [5, 5.41) is 1.16. The maximum absolute atomic E-state index is 4.42. The summed E-state index contributed by atoms with van der Waals surface area (Å²) < 4.78 is 0. The van der Waals surface area contributed by atoms with E-state index >= 15 is 0 Å². The molecule has 1 aliphatic rings. The summed E-state index contributed by atoms with van der Waals surface area (Å²) in [6.45, 7) is 6.45. The Balaban J connectivity index is 1.95. The first kappa shape index (κ1) is 14.6. The van der Waals surface area contributed by atoms with Gasteiger partial charge >= 0.3 is 0 Å². The van der Waals surface area contributed by atoms with Crippen LogP contribution in [0.1, 0.15) is 23.1 Å². The van der Waals surface area contributed by atoms with Crippen LogP contribution in [-0.4, -0.2) is 4.98 Å². The van der Waals surface area contributed by atoms with Gasteiger partial charge in [0.15, 0.2) is 0 Å². The van der Waals surface area contributed by atoms with E-state index in [0.717, 1.165) is 17.3 Å². The number of allylic oxidation sites excluding steroid dienone is 5. The normalized spacial score (nSPS) is 14.5. The molecule has 1 nitrogen and oxygen atoms in total. The van der Waals surface area contributed by atoms with Crippen molar-refractivity contribution in [2.75, 3.05) is 0 Å². The van der Waals surface area contributed by atoms with E-state index in [1.54, 1.807) is 0 Å². The topological polar surface area (TPSA) is 12.9 Å². The van der Waals surface area contributed by atoms with Gasteiger partial charge < -0.3 is 0 Å². The number of nitrogens with zero attached hydrogens (tertiary/aromatic N) is 1. The number of fused-ring (bicyclic) bond motifs is 1. The standard InChI is InChI=1S/C23H19N/c1-16-6-3-8-20(14-16)23-17(2)7-4-10-21(23)18-11-12-22-19(15-18)9-5-13-24-22/h3-6,8-15H,2,7H2,1H3. The quantitative estimate of drug-likeness (QED) is 0.568. The minimum Gasteiger partial charge on any atom is -0.256 e. The molecule has 0 atom stereocenters. The number of pyridine rings is 1. The Kier molecular flexibility index (Phi) is 3.62. The van der Waals surface area contributed by atoms with Gasteiger partial charge in [-0.3, -0.25) is 4.98 Å². The minimum absolute atomic E-state index is 0.905. The zero-order chi connectivity index (χ0) is 16.5. The van der Waals surface area contributed by atoms with Crippen LogP contribution in [0.3, 0.4) is 0 Å². The van der Waals surface area contributed by atoms with Crippen LogP contribution in [0.4, 0.5) is 0 Å². The molecule has 116 valence electrons. The molecule has 0 fully saturated rings. The molecule has 4 rings (SSSR count). The van der Waals surface area contributed by atoms with Crippen molar-refractivity contribution >= 4 is 22.0 Å². The van der Waals surface area contributed by atoms with E-state index in [-0.39, 0.29) is 0 Å². The lowest BCUT2D eigenvalue weighted by Gasteiger charge is -2.20. The van der Waals surface area contributed by atoms with E-state index in [0.29, 0.717) is 0 Å². The molecule has 24 heavy (non-hydrogen) atoms. The van der Waals surface area contributed by atoms with Gasteiger partial charge in [0.05, 0.1) is 5.52 Å². The Bertz CT molecular complexity index is 1010. The lowest BCUT2D eigenvalue weighted by molar-refractivity contribution is 1.28. The fourth-order valence-electron chi connectivity index (χ4n) is 3.34. The lowest BCUT2D eigenvalue weighted by atomic mass is 9.84. The first-order valence-corrected chi connectivity index (χ1v) is 8.23. The first-order valence-electron chi connectivity index (χ1n) is 8.23. The lowest BCUT2D eigenvalue weighted by Crippen LogP contribution is -1.98. The maximum Gasteiger partial charge on any atom is 0.0702 e.